The highest BCUT2D eigenvalue weighted by molar-refractivity contribution is 7.96. The molecule has 1 aromatic rings. The second-order valence-electron chi connectivity index (χ2n) is 2.20. The molecule has 0 atom stereocenters. The smallest absolute Gasteiger partial charge is 0.370 e. The average molecular weight is 216 g/mol. The SMILES string of the molecule is N=C(OC(=O)S)c1ccc(Cl)cc1. The van der Waals surface area contributed by atoms with Gasteiger partial charge in [-0.05, 0) is 24.3 Å². The predicted octanol–water partition coefficient (Wildman–Crippen LogP) is 2.73. The van der Waals surface area contributed by atoms with Crippen LogP contribution in [0.25, 0.3) is 0 Å². The third-order valence-electron chi connectivity index (χ3n) is 1.30. The highest BCUT2D eigenvalue weighted by Gasteiger charge is 2.04. The molecule has 0 radical (unpaired) electrons. The Morgan fingerprint density at radius 3 is 2.38 bits per heavy atom. The molecule has 0 aliphatic heterocycles. The molecule has 1 rings (SSSR count). The lowest BCUT2D eigenvalue weighted by Crippen LogP contribution is -2.06. The first kappa shape index (κ1) is 10.1. The molecule has 0 aromatic heterocycles. The zero-order chi connectivity index (χ0) is 9.84. The quantitative estimate of drug-likeness (QED) is 0.328. The maximum Gasteiger partial charge on any atom is 0.370 e. The molecule has 0 saturated heterocycles. The molecule has 0 aliphatic carbocycles. The van der Waals surface area contributed by atoms with Crippen molar-refractivity contribution in [3.8, 4) is 0 Å². The lowest BCUT2D eigenvalue weighted by Gasteiger charge is -2.01. The summed E-state index contributed by atoms with van der Waals surface area (Å²) in [5, 5.41) is 7.05. The van der Waals surface area contributed by atoms with Gasteiger partial charge in [-0.15, -0.1) is 0 Å². The fourth-order valence-corrected chi connectivity index (χ4v) is 0.965. The van der Waals surface area contributed by atoms with Crippen LogP contribution in [0.2, 0.25) is 5.02 Å². The van der Waals surface area contributed by atoms with Gasteiger partial charge in [-0.3, -0.25) is 5.41 Å². The number of rotatable bonds is 1. The molecule has 0 saturated carbocycles. The van der Waals surface area contributed by atoms with Crippen molar-refractivity contribution in [2.45, 2.75) is 0 Å². The topological polar surface area (TPSA) is 50.1 Å². The molecule has 0 unspecified atom stereocenters. The largest absolute Gasteiger partial charge is 0.399 e. The molecule has 13 heavy (non-hydrogen) atoms. The number of thiol groups is 1. The Bertz CT molecular complexity index is 337. The fraction of sp³-hybridized carbons (Fsp3) is 0. The van der Waals surface area contributed by atoms with Crippen LogP contribution < -0.4 is 0 Å². The van der Waals surface area contributed by atoms with Crippen LogP contribution in [0, 0.1) is 5.41 Å². The van der Waals surface area contributed by atoms with E-state index in [4.69, 9.17) is 17.0 Å². The number of ether oxygens (including phenoxy) is 1. The molecule has 0 heterocycles. The first-order chi connectivity index (χ1) is 6.09. The van der Waals surface area contributed by atoms with Crippen molar-refractivity contribution in [3.05, 3.63) is 34.9 Å². The standard InChI is InChI=1S/C8H6ClNO2S/c9-6-3-1-5(2-4-6)7(10)12-8(11)13/h1-4,10H,(H,11,13). The molecule has 0 spiro atoms. The summed E-state index contributed by atoms with van der Waals surface area (Å²) in [5.74, 6) is -0.239. The van der Waals surface area contributed by atoms with Crippen LogP contribution in [0.3, 0.4) is 0 Å². The number of benzene rings is 1. The van der Waals surface area contributed by atoms with Crippen molar-refractivity contribution < 1.29 is 9.53 Å². The van der Waals surface area contributed by atoms with Gasteiger partial charge in [-0.25, -0.2) is 4.79 Å². The maximum atomic E-state index is 10.4. The van der Waals surface area contributed by atoms with E-state index in [1.807, 2.05) is 0 Å². The van der Waals surface area contributed by atoms with Gasteiger partial charge in [0.05, 0.1) is 0 Å². The number of carbonyl (C=O) groups excluding carboxylic acids is 1. The first-order valence-electron chi connectivity index (χ1n) is 3.35. The maximum absolute atomic E-state index is 10.4. The van der Waals surface area contributed by atoms with E-state index in [9.17, 15) is 4.79 Å². The minimum atomic E-state index is -0.806. The molecule has 5 heteroatoms. The summed E-state index contributed by atoms with van der Waals surface area (Å²) in [4.78, 5) is 10.4. The van der Waals surface area contributed by atoms with Gasteiger partial charge in [-0.1, -0.05) is 24.2 Å². The van der Waals surface area contributed by atoms with Gasteiger partial charge in [0.1, 0.15) is 0 Å². The van der Waals surface area contributed by atoms with Crippen molar-refractivity contribution in [2.75, 3.05) is 0 Å². The van der Waals surface area contributed by atoms with E-state index in [1.54, 1.807) is 24.3 Å². The van der Waals surface area contributed by atoms with Gasteiger partial charge in [0, 0.05) is 10.6 Å². The van der Waals surface area contributed by atoms with E-state index in [0.29, 0.717) is 10.6 Å². The number of hydrogen-bond acceptors (Lipinski definition) is 3. The number of halogens is 1. The van der Waals surface area contributed by atoms with E-state index in [1.165, 1.54) is 0 Å². The summed E-state index contributed by atoms with van der Waals surface area (Å²) in [6.07, 6.45) is 0. The second-order valence-corrected chi connectivity index (χ2v) is 3.01. The minimum Gasteiger partial charge on any atom is -0.399 e. The molecule has 3 nitrogen and oxygen atoms in total. The lowest BCUT2D eigenvalue weighted by atomic mass is 10.2. The fourth-order valence-electron chi connectivity index (χ4n) is 0.747. The van der Waals surface area contributed by atoms with Gasteiger partial charge in [0.15, 0.2) is 0 Å². The zero-order valence-electron chi connectivity index (χ0n) is 6.45. The summed E-state index contributed by atoms with van der Waals surface area (Å²) in [6, 6.07) is 6.39. The van der Waals surface area contributed by atoms with Crippen molar-refractivity contribution in [1.82, 2.24) is 0 Å². The van der Waals surface area contributed by atoms with Crippen LogP contribution in [0.15, 0.2) is 24.3 Å². The molecule has 1 aromatic carbocycles. The van der Waals surface area contributed by atoms with Crippen LogP contribution in [-0.4, -0.2) is 11.2 Å². The Morgan fingerprint density at radius 2 is 1.92 bits per heavy atom. The van der Waals surface area contributed by atoms with Crippen molar-refractivity contribution in [2.24, 2.45) is 0 Å². The van der Waals surface area contributed by atoms with Crippen LogP contribution >= 0.6 is 24.2 Å². The van der Waals surface area contributed by atoms with Crippen molar-refractivity contribution >= 4 is 35.4 Å². The summed E-state index contributed by atoms with van der Waals surface area (Å²) in [6.45, 7) is 0. The average Bonchev–Trinajstić information content (AvgIpc) is 2.04. The van der Waals surface area contributed by atoms with Crippen LogP contribution in [0.4, 0.5) is 4.79 Å². The van der Waals surface area contributed by atoms with Gasteiger partial charge in [-0.2, -0.15) is 0 Å². The minimum absolute atomic E-state index is 0.239. The Kier molecular flexibility index (Phi) is 3.33. The third-order valence-corrected chi connectivity index (χ3v) is 1.64. The van der Waals surface area contributed by atoms with Crippen LogP contribution in [-0.2, 0) is 4.74 Å². The van der Waals surface area contributed by atoms with E-state index in [-0.39, 0.29) is 5.90 Å². The van der Waals surface area contributed by atoms with E-state index in [2.05, 4.69) is 17.4 Å². The molecule has 0 amide bonds. The number of hydrogen-bond donors (Lipinski definition) is 2. The normalized spacial score (nSPS) is 9.38. The van der Waals surface area contributed by atoms with Gasteiger partial charge < -0.3 is 4.74 Å². The Hall–Kier alpha value is -1.00. The van der Waals surface area contributed by atoms with Gasteiger partial charge in [0.25, 0.3) is 0 Å². The highest BCUT2D eigenvalue weighted by Crippen LogP contribution is 2.10. The summed E-state index contributed by atoms with van der Waals surface area (Å²) in [7, 11) is 0. The second kappa shape index (κ2) is 4.30. The summed E-state index contributed by atoms with van der Waals surface area (Å²) >= 11 is 9.01. The highest BCUT2D eigenvalue weighted by atomic mass is 35.5. The van der Waals surface area contributed by atoms with Crippen molar-refractivity contribution in [3.63, 3.8) is 0 Å². The number of carbonyl (C=O) groups is 1. The van der Waals surface area contributed by atoms with E-state index >= 15 is 0 Å². The lowest BCUT2D eigenvalue weighted by molar-refractivity contribution is 0.225. The predicted molar refractivity (Wildman–Crippen MR) is 53.7 cm³/mol. The number of nitrogens with one attached hydrogen (secondary N) is 1. The molecule has 0 fully saturated rings. The molecular formula is C8H6ClNO2S. The van der Waals surface area contributed by atoms with Gasteiger partial charge in [0.2, 0.25) is 5.90 Å². The Balaban J connectivity index is 2.78. The van der Waals surface area contributed by atoms with Crippen LogP contribution in [0.5, 0.6) is 0 Å². The van der Waals surface area contributed by atoms with E-state index in [0.717, 1.165) is 0 Å². The Labute approximate surface area is 85.6 Å². The monoisotopic (exact) mass is 215 g/mol. The molecule has 0 aliphatic rings. The van der Waals surface area contributed by atoms with Gasteiger partial charge >= 0.3 is 5.30 Å². The Morgan fingerprint density at radius 1 is 1.38 bits per heavy atom. The molecular weight excluding hydrogens is 210 g/mol. The first-order valence-corrected chi connectivity index (χ1v) is 4.17. The third kappa shape index (κ3) is 3.08. The summed E-state index contributed by atoms with van der Waals surface area (Å²) in [5.41, 5.74) is 0.479. The molecule has 0 bridgehead atoms. The molecule has 1 N–H and O–H groups in total. The van der Waals surface area contributed by atoms with Crippen molar-refractivity contribution in [1.29, 1.82) is 5.41 Å². The zero-order valence-corrected chi connectivity index (χ0v) is 8.10. The summed E-state index contributed by atoms with van der Waals surface area (Å²) < 4.78 is 4.44. The van der Waals surface area contributed by atoms with Crippen LogP contribution in [0.1, 0.15) is 5.56 Å². The van der Waals surface area contributed by atoms with E-state index < -0.39 is 5.30 Å². The molecule has 68 valence electrons.